The lowest BCUT2D eigenvalue weighted by atomic mass is 9.98. The third-order valence-electron chi connectivity index (χ3n) is 4.44. The fourth-order valence-electron chi connectivity index (χ4n) is 3.12. The zero-order valence-corrected chi connectivity index (χ0v) is 16.0. The average molecular weight is 350 g/mol. The first-order valence-electron chi connectivity index (χ1n) is 9.90. The Morgan fingerprint density at radius 1 is 1.28 bits per heavy atom. The summed E-state index contributed by atoms with van der Waals surface area (Å²) in [4.78, 5) is 4.64. The lowest BCUT2D eigenvalue weighted by Gasteiger charge is -2.22. The molecule has 142 valence electrons. The van der Waals surface area contributed by atoms with Gasteiger partial charge in [0.05, 0.1) is 12.3 Å². The second-order valence-electron chi connectivity index (χ2n) is 6.81. The second kappa shape index (κ2) is 11.9. The summed E-state index contributed by atoms with van der Waals surface area (Å²) < 4.78 is 7.94. The molecule has 0 radical (unpaired) electrons. The molecule has 2 N–H and O–H groups in total. The molecule has 1 heterocycles. The van der Waals surface area contributed by atoms with Gasteiger partial charge in [-0.15, -0.1) is 0 Å². The minimum Gasteiger partial charge on any atom is -0.378 e. The summed E-state index contributed by atoms with van der Waals surface area (Å²) in [6, 6.07) is 0. The monoisotopic (exact) mass is 349 g/mol. The third-order valence-corrected chi connectivity index (χ3v) is 4.44. The molecule has 0 aliphatic heterocycles. The zero-order valence-electron chi connectivity index (χ0n) is 16.0. The fraction of sp³-hybridized carbons (Fsp3) is 0.789. The number of aliphatic imine (C=N–C) groups is 1. The Balaban J connectivity index is 1.56. The van der Waals surface area contributed by atoms with Crippen molar-refractivity contribution in [2.45, 2.75) is 71.4 Å². The SMILES string of the molecule is CCNC(=NCCCn1cc(C)cn1)NCCCOC1CCCCC1. The number of ether oxygens (including phenoxy) is 1. The van der Waals surface area contributed by atoms with Crippen LogP contribution in [0.15, 0.2) is 17.4 Å². The topological polar surface area (TPSA) is 63.5 Å². The molecule has 25 heavy (non-hydrogen) atoms. The molecule has 6 heteroatoms. The van der Waals surface area contributed by atoms with Crippen LogP contribution in [0.3, 0.4) is 0 Å². The predicted octanol–water partition coefficient (Wildman–Crippen LogP) is 2.88. The van der Waals surface area contributed by atoms with Crippen LogP contribution < -0.4 is 10.6 Å². The maximum absolute atomic E-state index is 5.96. The third kappa shape index (κ3) is 8.38. The quantitative estimate of drug-likeness (QED) is 0.387. The molecule has 6 nitrogen and oxygen atoms in total. The van der Waals surface area contributed by atoms with Crippen LogP contribution in [0.5, 0.6) is 0 Å². The van der Waals surface area contributed by atoms with E-state index in [0.717, 1.165) is 51.6 Å². The average Bonchev–Trinajstić information content (AvgIpc) is 3.04. The van der Waals surface area contributed by atoms with Crippen molar-refractivity contribution in [3.05, 3.63) is 18.0 Å². The lowest BCUT2D eigenvalue weighted by Crippen LogP contribution is -2.38. The number of guanidine groups is 1. The molecule has 0 saturated heterocycles. The van der Waals surface area contributed by atoms with Crippen molar-refractivity contribution in [1.29, 1.82) is 0 Å². The standard InChI is InChI=1S/C19H35N5O/c1-3-20-19(21-11-7-13-24-16-17(2)15-23-24)22-12-8-14-25-18-9-5-4-6-10-18/h15-16,18H,3-14H2,1-2H3,(H2,20,21,22). The van der Waals surface area contributed by atoms with Crippen LogP contribution in [0.2, 0.25) is 0 Å². The lowest BCUT2D eigenvalue weighted by molar-refractivity contribution is 0.0277. The van der Waals surface area contributed by atoms with E-state index in [4.69, 9.17) is 4.74 Å². The summed E-state index contributed by atoms with van der Waals surface area (Å²) in [6.07, 6.45) is 13.0. The van der Waals surface area contributed by atoms with Gasteiger partial charge in [-0.1, -0.05) is 19.3 Å². The van der Waals surface area contributed by atoms with E-state index in [1.54, 1.807) is 0 Å². The minimum absolute atomic E-state index is 0.501. The molecule has 2 rings (SSSR count). The molecule has 0 atom stereocenters. The van der Waals surface area contributed by atoms with Gasteiger partial charge in [0.2, 0.25) is 0 Å². The van der Waals surface area contributed by atoms with Gasteiger partial charge in [-0.3, -0.25) is 9.67 Å². The van der Waals surface area contributed by atoms with Crippen LogP contribution in [-0.4, -0.2) is 48.1 Å². The van der Waals surface area contributed by atoms with Crippen LogP contribution in [0.4, 0.5) is 0 Å². The van der Waals surface area contributed by atoms with E-state index in [-0.39, 0.29) is 0 Å². The number of hydrogen-bond donors (Lipinski definition) is 2. The van der Waals surface area contributed by atoms with E-state index >= 15 is 0 Å². The summed E-state index contributed by atoms with van der Waals surface area (Å²) in [7, 11) is 0. The number of nitrogens with zero attached hydrogens (tertiary/aromatic N) is 3. The Morgan fingerprint density at radius 3 is 2.84 bits per heavy atom. The van der Waals surface area contributed by atoms with Crippen LogP contribution in [0.1, 0.15) is 57.4 Å². The molecule has 1 aliphatic rings. The normalized spacial score (nSPS) is 16.2. The smallest absolute Gasteiger partial charge is 0.191 e. The highest BCUT2D eigenvalue weighted by Crippen LogP contribution is 2.20. The van der Waals surface area contributed by atoms with Gasteiger partial charge in [-0.2, -0.15) is 5.10 Å². The predicted molar refractivity (Wildman–Crippen MR) is 103 cm³/mol. The van der Waals surface area contributed by atoms with Gasteiger partial charge < -0.3 is 15.4 Å². The molecule has 1 fully saturated rings. The highest BCUT2D eigenvalue weighted by Gasteiger charge is 2.12. The number of rotatable bonds is 10. The summed E-state index contributed by atoms with van der Waals surface area (Å²) in [5.41, 5.74) is 1.20. The Bertz CT molecular complexity index is 494. The molecular formula is C19H35N5O. The van der Waals surface area contributed by atoms with Crippen LogP contribution in [0.25, 0.3) is 0 Å². The van der Waals surface area contributed by atoms with Crippen LogP contribution in [0, 0.1) is 6.92 Å². The molecule has 0 unspecified atom stereocenters. The molecule has 1 aromatic rings. The van der Waals surface area contributed by atoms with Crippen molar-refractivity contribution in [2.75, 3.05) is 26.2 Å². The first kappa shape index (κ1) is 19.8. The van der Waals surface area contributed by atoms with E-state index in [1.807, 2.05) is 10.9 Å². The Hall–Kier alpha value is -1.56. The molecule has 0 bridgehead atoms. The van der Waals surface area contributed by atoms with Crippen molar-refractivity contribution in [1.82, 2.24) is 20.4 Å². The maximum atomic E-state index is 5.96. The molecule has 1 aliphatic carbocycles. The van der Waals surface area contributed by atoms with Crippen LogP contribution >= 0.6 is 0 Å². The maximum Gasteiger partial charge on any atom is 0.191 e. The Kier molecular flexibility index (Phi) is 9.41. The summed E-state index contributed by atoms with van der Waals surface area (Å²) in [5, 5.41) is 11.0. The van der Waals surface area contributed by atoms with Gasteiger partial charge in [0, 0.05) is 39.0 Å². The molecular weight excluding hydrogens is 314 g/mol. The van der Waals surface area contributed by atoms with Crippen molar-refractivity contribution in [2.24, 2.45) is 4.99 Å². The molecule has 0 spiro atoms. The minimum atomic E-state index is 0.501. The van der Waals surface area contributed by atoms with E-state index in [2.05, 4.69) is 40.8 Å². The van der Waals surface area contributed by atoms with E-state index in [9.17, 15) is 0 Å². The number of aryl methyl sites for hydroxylation is 2. The number of nitrogens with one attached hydrogen (secondary N) is 2. The number of hydrogen-bond acceptors (Lipinski definition) is 3. The van der Waals surface area contributed by atoms with Gasteiger partial charge in [0.1, 0.15) is 0 Å². The highest BCUT2D eigenvalue weighted by molar-refractivity contribution is 5.79. The summed E-state index contributed by atoms with van der Waals surface area (Å²) in [6.45, 7) is 8.48. The van der Waals surface area contributed by atoms with E-state index in [1.165, 1.54) is 37.7 Å². The van der Waals surface area contributed by atoms with Gasteiger partial charge in [-0.05, 0) is 45.1 Å². The van der Waals surface area contributed by atoms with Crippen molar-refractivity contribution in [3.8, 4) is 0 Å². The van der Waals surface area contributed by atoms with Gasteiger partial charge in [0.25, 0.3) is 0 Å². The molecule has 1 saturated carbocycles. The van der Waals surface area contributed by atoms with Crippen LogP contribution in [-0.2, 0) is 11.3 Å². The van der Waals surface area contributed by atoms with E-state index < -0.39 is 0 Å². The fourth-order valence-corrected chi connectivity index (χ4v) is 3.12. The molecule has 0 amide bonds. The summed E-state index contributed by atoms with van der Waals surface area (Å²) in [5.74, 6) is 0.900. The van der Waals surface area contributed by atoms with Crippen molar-refractivity contribution >= 4 is 5.96 Å². The van der Waals surface area contributed by atoms with E-state index in [0.29, 0.717) is 6.10 Å². The van der Waals surface area contributed by atoms with Crippen molar-refractivity contribution in [3.63, 3.8) is 0 Å². The first-order valence-corrected chi connectivity index (χ1v) is 9.90. The van der Waals surface area contributed by atoms with Gasteiger partial charge >= 0.3 is 0 Å². The molecule has 0 aromatic carbocycles. The van der Waals surface area contributed by atoms with Gasteiger partial charge in [-0.25, -0.2) is 0 Å². The van der Waals surface area contributed by atoms with Crippen molar-refractivity contribution < 1.29 is 4.74 Å². The largest absolute Gasteiger partial charge is 0.378 e. The zero-order chi connectivity index (χ0) is 17.7. The number of aromatic nitrogens is 2. The summed E-state index contributed by atoms with van der Waals surface area (Å²) >= 11 is 0. The Morgan fingerprint density at radius 2 is 2.12 bits per heavy atom. The highest BCUT2D eigenvalue weighted by atomic mass is 16.5. The Labute approximate surface area is 152 Å². The molecule has 1 aromatic heterocycles. The van der Waals surface area contributed by atoms with Gasteiger partial charge in [0.15, 0.2) is 5.96 Å². The second-order valence-corrected chi connectivity index (χ2v) is 6.81. The first-order chi connectivity index (χ1) is 12.3.